The molecule has 0 bridgehead atoms. The number of nitrogens with one attached hydrogen (secondary N) is 3. The standard InChI is InChI=1S/C32H39N3O7/c1-20-26(27-9-5-6-10-28(27)34-20)16-17-33-19-25-14-12-24(13-15-25)8-7-11-30(38)35-42-31-18-29(40-22(3)36)32(21(2)39-31)41-23(4)37/h5-7,9-15,21,29,31-34H,8,16-19H2,1-4H3,(H,35,38)/b11-7+/t21-,29-,31-,32+/m0/s1. The lowest BCUT2D eigenvalue weighted by molar-refractivity contribution is -0.269. The van der Waals surface area contributed by atoms with Crippen LogP contribution >= 0.6 is 0 Å². The summed E-state index contributed by atoms with van der Waals surface area (Å²) in [6.45, 7) is 8.00. The molecule has 3 N–H and O–H groups in total. The molecule has 1 aromatic heterocycles. The van der Waals surface area contributed by atoms with Crippen LogP contribution in [0, 0.1) is 6.92 Å². The Balaban J connectivity index is 1.17. The van der Waals surface area contributed by atoms with Gasteiger partial charge in [-0.2, -0.15) is 0 Å². The summed E-state index contributed by atoms with van der Waals surface area (Å²) in [5.41, 5.74) is 8.35. The summed E-state index contributed by atoms with van der Waals surface area (Å²) >= 11 is 0. The summed E-state index contributed by atoms with van der Waals surface area (Å²) in [6.07, 6.45) is 1.77. The summed E-state index contributed by atoms with van der Waals surface area (Å²) < 4.78 is 16.2. The molecule has 0 spiro atoms. The van der Waals surface area contributed by atoms with E-state index < -0.39 is 42.4 Å². The van der Waals surface area contributed by atoms with Gasteiger partial charge in [0.25, 0.3) is 5.91 Å². The largest absolute Gasteiger partial charge is 0.458 e. The number of hydrogen-bond donors (Lipinski definition) is 3. The first-order valence-corrected chi connectivity index (χ1v) is 14.2. The van der Waals surface area contributed by atoms with Crippen molar-refractivity contribution in [3.8, 4) is 0 Å². The van der Waals surface area contributed by atoms with Crippen LogP contribution < -0.4 is 10.8 Å². The maximum atomic E-state index is 12.3. The number of amides is 1. The Labute approximate surface area is 245 Å². The number of ether oxygens (including phenoxy) is 3. The van der Waals surface area contributed by atoms with Crippen molar-refractivity contribution in [3.05, 3.63) is 83.1 Å². The molecule has 1 aliphatic heterocycles. The number of rotatable bonds is 12. The van der Waals surface area contributed by atoms with Gasteiger partial charge in [-0.3, -0.25) is 14.4 Å². The molecule has 2 aromatic carbocycles. The average Bonchev–Trinajstić information content (AvgIpc) is 3.27. The molecule has 1 fully saturated rings. The monoisotopic (exact) mass is 577 g/mol. The number of para-hydroxylation sites is 1. The number of aromatic amines is 1. The number of aryl methyl sites for hydroxylation is 1. The lowest BCUT2D eigenvalue weighted by atomic mass is 10.0. The Kier molecular flexibility index (Phi) is 10.9. The van der Waals surface area contributed by atoms with E-state index in [-0.39, 0.29) is 6.42 Å². The highest BCUT2D eigenvalue weighted by Gasteiger charge is 2.41. The maximum absolute atomic E-state index is 12.3. The second kappa shape index (κ2) is 14.8. The fourth-order valence-electron chi connectivity index (χ4n) is 5.12. The van der Waals surface area contributed by atoms with Gasteiger partial charge in [-0.1, -0.05) is 48.5 Å². The van der Waals surface area contributed by atoms with E-state index in [1.165, 1.54) is 47.6 Å². The van der Waals surface area contributed by atoms with Crippen LogP contribution in [0.4, 0.5) is 0 Å². The SMILES string of the molecule is CC(=O)O[C@@H]1[C@H](C)O[C@@H](ONC(=O)/C=C/Cc2ccc(CNCCc3c(C)[nH]c4ccccc34)cc2)C[C@@H]1OC(C)=O. The van der Waals surface area contributed by atoms with Crippen LogP contribution in [0.25, 0.3) is 10.9 Å². The number of esters is 2. The number of hydrogen-bond acceptors (Lipinski definition) is 8. The molecule has 1 amide bonds. The van der Waals surface area contributed by atoms with Crippen LogP contribution in [0.15, 0.2) is 60.7 Å². The molecule has 1 aliphatic rings. The summed E-state index contributed by atoms with van der Waals surface area (Å²) in [4.78, 5) is 44.0. The van der Waals surface area contributed by atoms with Gasteiger partial charge in [0.05, 0.1) is 6.10 Å². The van der Waals surface area contributed by atoms with Crippen LogP contribution in [0.2, 0.25) is 0 Å². The molecule has 42 heavy (non-hydrogen) atoms. The van der Waals surface area contributed by atoms with Gasteiger partial charge in [0.2, 0.25) is 0 Å². The molecular weight excluding hydrogens is 538 g/mol. The van der Waals surface area contributed by atoms with Gasteiger partial charge in [-0.15, -0.1) is 0 Å². The third-order valence-electron chi connectivity index (χ3n) is 7.08. The van der Waals surface area contributed by atoms with Crippen LogP contribution in [-0.2, 0) is 52.8 Å². The summed E-state index contributed by atoms with van der Waals surface area (Å²) in [5.74, 6) is -1.48. The van der Waals surface area contributed by atoms with Crippen molar-refractivity contribution in [2.75, 3.05) is 6.54 Å². The molecule has 4 rings (SSSR count). The Morgan fingerprint density at radius 2 is 1.74 bits per heavy atom. The minimum absolute atomic E-state index is 0.0930. The van der Waals surface area contributed by atoms with E-state index in [0.717, 1.165) is 25.1 Å². The van der Waals surface area contributed by atoms with E-state index in [0.29, 0.717) is 6.42 Å². The predicted octanol–water partition coefficient (Wildman–Crippen LogP) is 3.95. The third-order valence-corrected chi connectivity index (χ3v) is 7.08. The number of hydroxylamine groups is 1. The Morgan fingerprint density at radius 3 is 2.48 bits per heavy atom. The smallest absolute Gasteiger partial charge is 0.303 e. The molecule has 224 valence electrons. The van der Waals surface area contributed by atoms with E-state index in [4.69, 9.17) is 19.0 Å². The van der Waals surface area contributed by atoms with Crippen molar-refractivity contribution >= 4 is 28.7 Å². The first-order chi connectivity index (χ1) is 20.2. The van der Waals surface area contributed by atoms with E-state index in [1.807, 2.05) is 18.2 Å². The molecule has 10 nitrogen and oxygen atoms in total. The molecule has 0 radical (unpaired) electrons. The number of fused-ring (bicyclic) bond motifs is 1. The number of allylic oxidation sites excluding steroid dienone is 1. The maximum Gasteiger partial charge on any atom is 0.303 e. The minimum Gasteiger partial charge on any atom is -0.458 e. The van der Waals surface area contributed by atoms with Crippen molar-refractivity contribution in [3.63, 3.8) is 0 Å². The van der Waals surface area contributed by atoms with Crippen molar-refractivity contribution in [2.24, 2.45) is 0 Å². The van der Waals surface area contributed by atoms with E-state index >= 15 is 0 Å². The second-order valence-electron chi connectivity index (χ2n) is 10.4. The van der Waals surface area contributed by atoms with Gasteiger partial charge in [0, 0.05) is 49.5 Å². The minimum atomic E-state index is -0.874. The van der Waals surface area contributed by atoms with Crippen LogP contribution in [-0.4, -0.2) is 54.0 Å². The number of H-pyrrole nitrogens is 1. The fraction of sp³-hybridized carbons (Fsp3) is 0.406. The molecule has 0 unspecified atom stereocenters. The lowest BCUT2D eigenvalue weighted by Crippen LogP contribution is -2.52. The van der Waals surface area contributed by atoms with Crippen LogP contribution in [0.5, 0.6) is 0 Å². The summed E-state index contributed by atoms with van der Waals surface area (Å²) in [7, 11) is 0. The van der Waals surface area contributed by atoms with Gasteiger partial charge in [-0.25, -0.2) is 10.3 Å². The molecular formula is C32H39N3O7. The zero-order valence-corrected chi connectivity index (χ0v) is 24.5. The number of benzene rings is 2. The quantitative estimate of drug-likeness (QED) is 0.128. The van der Waals surface area contributed by atoms with Gasteiger partial charge < -0.3 is 24.5 Å². The normalized spacial score (nSPS) is 20.5. The molecule has 1 saturated heterocycles. The van der Waals surface area contributed by atoms with Gasteiger partial charge in [0.15, 0.2) is 12.4 Å². The van der Waals surface area contributed by atoms with Crippen LogP contribution in [0.3, 0.4) is 0 Å². The van der Waals surface area contributed by atoms with Gasteiger partial charge in [-0.05, 0) is 56.0 Å². The first-order valence-electron chi connectivity index (χ1n) is 14.2. The van der Waals surface area contributed by atoms with Crippen molar-refractivity contribution < 1.29 is 33.4 Å². The van der Waals surface area contributed by atoms with Gasteiger partial charge >= 0.3 is 11.9 Å². The van der Waals surface area contributed by atoms with E-state index in [1.54, 1.807) is 13.0 Å². The Bertz CT molecular complexity index is 1400. The first kappa shape index (κ1) is 31.0. The molecule has 0 saturated carbocycles. The van der Waals surface area contributed by atoms with Gasteiger partial charge in [0.1, 0.15) is 6.10 Å². The molecule has 4 atom stereocenters. The zero-order valence-electron chi connectivity index (χ0n) is 24.5. The highest BCUT2D eigenvalue weighted by molar-refractivity contribution is 5.86. The lowest BCUT2D eigenvalue weighted by Gasteiger charge is -2.38. The van der Waals surface area contributed by atoms with Crippen molar-refractivity contribution in [2.45, 2.75) is 78.1 Å². The topological polar surface area (TPSA) is 128 Å². The average molecular weight is 578 g/mol. The Morgan fingerprint density at radius 1 is 1.02 bits per heavy atom. The molecule has 0 aliphatic carbocycles. The number of aromatic nitrogens is 1. The summed E-state index contributed by atoms with van der Waals surface area (Å²) in [6, 6.07) is 16.7. The number of carbonyl (C=O) groups is 3. The van der Waals surface area contributed by atoms with E-state index in [9.17, 15) is 14.4 Å². The predicted molar refractivity (Wildman–Crippen MR) is 157 cm³/mol. The number of carbonyl (C=O) groups excluding carboxylic acids is 3. The highest BCUT2D eigenvalue weighted by atomic mass is 16.8. The van der Waals surface area contributed by atoms with Crippen molar-refractivity contribution in [1.29, 1.82) is 0 Å². The van der Waals surface area contributed by atoms with E-state index in [2.05, 4.69) is 53.0 Å². The third kappa shape index (κ3) is 8.75. The fourth-order valence-corrected chi connectivity index (χ4v) is 5.12. The zero-order chi connectivity index (χ0) is 30.1. The highest BCUT2D eigenvalue weighted by Crippen LogP contribution is 2.26. The molecule has 3 aromatic rings. The summed E-state index contributed by atoms with van der Waals surface area (Å²) in [5, 5.41) is 4.81. The Hall–Kier alpha value is -3.99. The molecule has 10 heteroatoms. The van der Waals surface area contributed by atoms with Crippen LogP contribution in [0.1, 0.15) is 49.6 Å². The second-order valence-corrected chi connectivity index (χ2v) is 10.4. The molecule has 2 heterocycles. The van der Waals surface area contributed by atoms with Crippen molar-refractivity contribution in [1.82, 2.24) is 15.8 Å².